The van der Waals surface area contributed by atoms with Crippen molar-refractivity contribution in [2.24, 2.45) is 11.3 Å². The normalized spacial score (nSPS) is 26.1. The van der Waals surface area contributed by atoms with Gasteiger partial charge < -0.3 is 0 Å². The minimum Gasteiger partial charge on any atom is -0.253 e. The van der Waals surface area contributed by atoms with Crippen LogP contribution in [0, 0.1) is 11.3 Å². The van der Waals surface area contributed by atoms with Crippen molar-refractivity contribution >= 4 is 12.2 Å². The van der Waals surface area contributed by atoms with Crippen LogP contribution in [0.15, 0.2) is 18.2 Å². The van der Waals surface area contributed by atoms with Crippen LogP contribution in [0.3, 0.4) is 0 Å². The summed E-state index contributed by atoms with van der Waals surface area (Å²) in [5, 5.41) is 0. The number of allylic oxidation sites excluding steroid dienone is 2. The van der Waals surface area contributed by atoms with Gasteiger partial charge in [0.2, 0.25) is 0 Å². The number of aryl methyl sites for hydroxylation is 2. The Morgan fingerprint density at radius 3 is 2.55 bits per heavy atom. The monoisotopic (exact) mass is 297 g/mol. The van der Waals surface area contributed by atoms with Gasteiger partial charge in [-0.25, -0.2) is 0 Å². The predicted molar refractivity (Wildman–Crippen MR) is 97.9 cm³/mol. The first-order chi connectivity index (χ1) is 10.6. The molecule has 0 aliphatic heterocycles. The van der Waals surface area contributed by atoms with E-state index in [1.165, 1.54) is 42.5 Å². The Morgan fingerprint density at radius 2 is 1.82 bits per heavy atom. The lowest BCUT2D eigenvalue weighted by Crippen LogP contribution is -2.14. The lowest BCUT2D eigenvalue weighted by atomic mass is 9.80. The van der Waals surface area contributed by atoms with E-state index < -0.39 is 0 Å². The highest BCUT2D eigenvalue weighted by atomic mass is 14.7. The molecule has 0 N–H and O–H groups in total. The van der Waals surface area contributed by atoms with Crippen molar-refractivity contribution in [2.45, 2.75) is 66.7 Å². The molecule has 1 heteroatoms. The van der Waals surface area contributed by atoms with Gasteiger partial charge in [-0.2, -0.15) is 0 Å². The summed E-state index contributed by atoms with van der Waals surface area (Å²) in [4.78, 5) is 4.97. The molecule has 0 bridgehead atoms. The maximum absolute atomic E-state index is 4.97. The molecule has 2 aliphatic carbocycles. The summed E-state index contributed by atoms with van der Waals surface area (Å²) >= 11 is 0. The summed E-state index contributed by atoms with van der Waals surface area (Å²) in [6, 6.07) is 2.39. The zero-order valence-corrected chi connectivity index (χ0v) is 14.9. The summed E-state index contributed by atoms with van der Waals surface area (Å²) in [5.74, 6) is 0.507. The molecule has 0 radical (unpaired) electrons. The van der Waals surface area contributed by atoms with Gasteiger partial charge in [0.05, 0.1) is 5.69 Å². The van der Waals surface area contributed by atoms with E-state index in [1.54, 1.807) is 0 Å². The van der Waals surface area contributed by atoms with Crippen molar-refractivity contribution in [1.82, 2.24) is 4.98 Å². The molecule has 1 aromatic heterocycles. The van der Waals surface area contributed by atoms with E-state index in [-0.39, 0.29) is 0 Å². The van der Waals surface area contributed by atoms with Gasteiger partial charge in [0.15, 0.2) is 0 Å². The topological polar surface area (TPSA) is 12.9 Å². The van der Waals surface area contributed by atoms with E-state index in [0.29, 0.717) is 11.3 Å². The molecule has 0 aromatic carbocycles. The van der Waals surface area contributed by atoms with Crippen molar-refractivity contribution in [3.63, 3.8) is 0 Å². The van der Waals surface area contributed by atoms with E-state index in [4.69, 9.17) is 4.98 Å². The van der Waals surface area contributed by atoms with Crippen molar-refractivity contribution < 1.29 is 0 Å². The van der Waals surface area contributed by atoms with Crippen LogP contribution in [0.2, 0.25) is 0 Å². The van der Waals surface area contributed by atoms with Crippen LogP contribution in [-0.4, -0.2) is 4.98 Å². The summed E-state index contributed by atoms with van der Waals surface area (Å²) in [6.07, 6.45) is 15.1. The molecule has 0 fully saturated rings. The van der Waals surface area contributed by atoms with Crippen LogP contribution in [0.25, 0.3) is 12.2 Å². The lowest BCUT2D eigenvalue weighted by molar-refractivity contribution is 0.268. The molecule has 1 heterocycles. The van der Waals surface area contributed by atoms with Gasteiger partial charge in [-0.05, 0) is 54.7 Å². The molecule has 1 nitrogen and oxygen atoms in total. The fourth-order valence-corrected chi connectivity index (χ4v) is 3.22. The number of hydrogen-bond acceptors (Lipinski definition) is 1. The van der Waals surface area contributed by atoms with E-state index in [1.807, 2.05) is 13.8 Å². The van der Waals surface area contributed by atoms with Crippen molar-refractivity contribution in [1.29, 1.82) is 0 Å². The molecule has 22 heavy (non-hydrogen) atoms. The third kappa shape index (κ3) is 3.69. The van der Waals surface area contributed by atoms with Gasteiger partial charge in [0.25, 0.3) is 0 Å². The lowest BCUT2D eigenvalue weighted by Gasteiger charge is -2.25. The number of hydrogen-bond donors (Lipinski definition) is 0. The van der Waals surface area contributed by atoms with E-state index >= 15 is 0 Å². The average molecular weight is 297 g/mol. The minimum absolute atomic E-state index is 0.498. The highest BCUT2D eigenvalue weighted by Gasteiger charge is 2.26. The van der Waals surface area contributed by atoms with Crippen LogP contribution < -0.4 is 0 Å². The van der Waals surface area contributed by atoms with Crippen molar-refractivity contribution in [3.05, 3.63) is 40.7 Å². The maximum atomic E-state index is 4.97. The SMILES string of the molecule is CC.CCC1(C)CCc2cc3c(nc2CC1)C=CC(C)C=C3. The molecular formula is C21H31N. The molecule has 3 rings (SSSR count). The average Bonchev–Trinajstić information content (AvgIpc) is 2.83. The highest BCUT2D eigenvalue weighted by Crippen LogP contribution is 2.37. The predicted octanol–water partition coefficient (Wildman–Crippen LogP) is 6.08. The first-order valence-electron chi connectivity index (χ1n) is 8.99. The van der Waals surface area contributed by atoms with Crippen LogP contribution in [0.1, 0.15) is 76.4 Å². The highest BCUT2D eigenvalue weighted by molar-refractivity contribution is 5.66. The van der Waals surface area contributed by atoms with Gasteiger partial charge >= 0.3 is 0 Å². The Hall–Kier alpha value is -1.37. The molecule has 0 saturated carbocycles. The molecule has 1 aromatic rings. The van der Waals surface area contributed by atoms with E-state index in [9.17, 15) is 0 Å². The molecule has 2 unspecified atom stereocenters. The largest absolute Gasteiger partial charge is 0.253 e. The standard InChI is InChI=1S/C19H25N.C2H6/c1-4-19(3)11-9-16-13-15-7-5-14(2)6-8-17(15)20-18(16)10-12-19;1-2/h5-8,13-14H,4,9-12H2,1-3H3;1-2H3. The van der Waals surface area contributed by atoms with Crippen molar-refractivity contribution in [2.75, 3.05) is 0 Å². The summed E-state index contributed by atoms with van der Waals surface area (Å²) in [7, 11) is 0. The second kappa shape index (κ2) is 7.26. The Bertz CT molecular complexity index is 521. The number of pyridine rings is 1. The zero-order chi connectivity index (χ0) is 16.2. The third-order valence-corrected chi connectivity index (χ3v) is 5.21. The van der Waals surface area contributed by atoms with Crippen LogP contribution in [0.5, 0.6) is 0 Å². The van der Waals surface area contributed by atoms with Gasteiger partial charge in [-0.1, -0.05) is 59.3 Å². The first-order valence-corrected chi connectivity index (χ1v) is 8.99. The maximum Gasteiger partial charge on any atom is 0.0702 e. The van der Waals surface area contributed by atoms with E-state index in [0.717, 1.165) is 12.1 Å². The molecule has 0 saturated heterocycles. The first kappa shape index (κ1) is 17.0. The summed E-state index contributed by atoms with van der Waals surface area (Å²) in [5.41, 5.74) is 5.77. The van der Waals surface area contributed by atoms with Gasteiger partial charge in [0.1, 0.15) is 0 Å². The summed E-state index contributed by atoms with van der Waals surface area (Å²) < 4.78 is 0. The number of aromatic nitrogens is 1. The molecule has 0 amide bonds. The molecule has 2 atom stereocenters. The number of rotatable bonds is 1. The minimum atomic E-state index is 0.498. The molecule has 0 spiro atoms. The molecular weight excluding hydrogens is 266 g/mol. The zero-order valence-electron chi connectivity index (χ0n) is 14.9. The van der Waals surface area contributed by atoms with Crippen LogP contribution in [-0.2, 0) is 12.8 Å². The smallest absolute Gasteiger partial charge is 0.0702 e. The Balaban J connectivity index is 0.000000847. The fraction of sp³-hybridized carbons (Fsp3) is 0.571. The van der Waals surface area contributed by atoms with Gasteiger partial charge in [-0.15, -0.1) is 0 Å². The van der Waals surface area contributed by atoms with Crippen molar-refractivity contribution in [3.8, 4) is 0 Å². The third-order valence-electron chi connectivity index (χ3n) is 5.21. The second-order valence-electron chi connectivity index (χ2n) is 6.81. The fourth-order valence-electron chi connectivity index (χ4n) is 3.22. The second-order valence-corrected chi connectivity index (χ2v) is 6.81. The summed E-state index contributed by atoms with van der Waals surface area (Å²) in [6.45, 7) is 11.0. The van der Waals surface area contributed by atoms with Crippen LogP contribution in [0.4, 0.5) is 0 Å². The molecule has 120 valence electrons. The number of nitrogens with zero attached hydrogens (tertiary/aromatic N) is 1. The number of fused-ring (bicyclic) bond motifs is 2. The van der Waals surface area contributed by atoms with Gasteiger partial charge in [0, 0.05) is 11.3 Å². The Kier molecular flexibility index (Phi) is 5.61. The molecule has 2 aliphatic rings. The Morgan fingerprint density at radius 1 is 1.14 bits per heavy atom. The van der Waals surface area contributed by atoms with Crippen LogP contribution >= 0.6 is 0 Å². The van der Waals surface area contributed by atoms with Gasteiger partial charge in [-0.3, -0.25) is 4.98 Å². The quantitative estimate of drug-likeness (QED) is 0.572. The van der Waals surface area contributed by atoms with E-state index in [2.05, 4.69) is 51.1 Å². The Labute approximate surface area is 136 Å².